The summed E-state index contributed by atoms with van der Waals surface area (Å²) in [6, 6.07) is 7.57. The van der Waals surface area contributed by atoms with Crippen LogP contribution in [-0.4, -0.2) is 98.2 Å². The van der Waals surface area contributed by atoms with E-state index in [1.165, 1.54) is 0 Å². The number of amides is 2. The number of methoxy groups -OCH3 is 1. The molecule has 174 valence electrons. The van der Waals surface area contributed by atoms with Crippen molar-refractivity contribution in [2.45, 2.75) is 18.4 Å². The van der Waals surface area contributed by atoms with Crippen molar-refractivity contribution in [3.05, 3.63) is 24.3 Å². The lowest BCUT2D eigenvalue weighted by Gasteiger charge is -2.41. The van der Waals surface area contributed by atoms with E-state index in [1.807, 2.05) is 24.3 Å². The largest absolute Gasteiger partial charge is 0.497 e. The van der Waals surface area contributed by atoms with Gasteiger partial charge in [0.15, 0.2) is 0 Å². The molecule has 1 aromatic rings. The van der Waals surface area contributed by atoms with Gasteiger partial charge in [0.25, 0.3) is 12.9 Å². The lowest BCUT2D eigenvalue weighted by atomic mass is 9.86. The third-order valence-corrected chi connectivity index (χ3v) is 4.68. The summed E-state index contributed by atoms with van der Waals surface area (Å²) >= 11 is 0. The highest BCUT2D eigenvalue weighted by molar-refractivity contribution is 5.89. The van der Waals surface area contributed by atoms with Crippen molar-refractivity contribution in [2.75, 3.05) is 53.2 Å². The number of nitrogens with one attached hydrogen (secondary N) is 2. The second kappa shape index (κ2) is 14.6. The van der Waals surface area contributed by atoms with Gasteiger partial charge in [0, 0.05) is 46.0 Å². The Morgan fingerprint density at radius 2 is 1.74 bits per heavy atom. The van der Waals surface area contributed by atoms with Crippen LogP contribution in [0.4, 0.5) is 5.69 Å². The monoisotopic (exact) mass is 440 g/mol. The van der Waals surface area contributed by atoms with Gasteiger partial charge in [-0.3, -0.25) is 24.1 Å². The molecule has 1 fully saturated rings. The topological polar surface area (TPSA) is 149 Å². The fraction of sp³-hybridized carbons (Fsp3) is 0.500. The molecule has 11 nitrogen and oxygen atoms in total. The van der Waals surface area contributed by atoms with Crippen LogP contribution in [0.1, 0.15) is 12.8 Å². The number of carboxylic acid groups (broad SMARTS) is 2. The van der Waals surface area contributed by atoms with E-state index in [4.69, 9.17) is 24.5 Å². The molecule has 1 aliphatic heterocycles. The number of hydrogen-bond donors (Lipinski definition) is 4. The number of rotatable bonds is 6. The Morgan fingerprint density at radius 3 is 2.19 bits per heavy atom. The highest BCUT2D eigenvalue weighted by Crippen LogP contribution is 2.29. The quantitative estimate of drug-likeness (QED) is 0.454. The van der Waals surface area contributed by atoms with E-state index in [1.54, 1.807) is 33.2 Å². The third kappa shape index (κ3) is 9.34. The van der Waals surface area contributed by atoms with Crippen LogP contribution in [0, 0.1) is 0 Å². The third-order valence-electron chi connectivity index (χ3n) is 4.68. The smallest absolute Gasteiger partial charge is 0.290 e. The van der Waals surface area contributed by atoms with Gasteiger partial charge in [-0.15, -0.1) is 0 Å². The Labute approximate surface area is 182 Å². The number of hydrogen-bond acceptors (Lipinski definition) is 7. The van der Waals surface area contributed by atoms with Crippen molar-refractivity contribution < 1.29 is 34.1 Å². The molecule has 1 heterocycles. The molecular formula is C20H32N4O7. The molecule has 0 radical (unpaired) electrons. The Bertz CT molecular complexity index is 699. The van der Waals surface area contributed by atoms with Crippen LogP contribution in [0.2, 0.25) is 0 Å². The molecule has 4 N–H and O–H groups in total. The van der Waals surface area contributed by atoms with Crippen LogP contribution in [0.15, 0.2) is 24.3 Å². The number of likely N-dealkylation sites (tertiary alicyclic amines) is 1. The van der Waals surface area contributed by atoms with E-state index in [2.05, 4.69) is 15.5 Å². The van der Waals surface area contributed by atoms with Crippen LogP contribution in [-0.2, 0) is 19.2 Å². The molecule has 1 saturated heterocycles. The summed E-state index contributed by atoms with van der Waals surface area (Å²) in [5, 5.41) is 20.0. The second-order valence-corrected chi connectivity index (χ2v) is 6.79. The predicted molar refractivity (Wildman–Crippen MR) is 115 cm³/mol. The number of carbonyl (C=O) groups excluding carboxylic acids is 2. The van der Waals surface area contributed by atoms with Gasteiger partial charge >= 0.3 is 0 Å². The van der Waals surface area contributed by atoms with Gasteiger partial charge in [-0.05, 0) is 25.0 Å². The fourth-order valence-corrected chi connectivity index (χ4v) is 3.05. The molecular weight excluding hydrogens is 408 g/mol. The Morgan fingerprint density at radius 1 is 1.19 bits per heavy atom. The SMILES string of the molecule is CNC(=O)C1(Nc2cccc(OC)c2)CCN(CC(=O)N(C)C)CC1.O=CO.O=CO. The molecule has 0 spiro atoms. The zero-order valence-corrected chi connectivity index (χ0v) is 18.3. The van der Waals surface area contributed by atoms with Gasteiger partial charge in [0.2, 0.25) is 11.8 Å². The standard InChI is InChI=1S/C18H28N4O3.2CH2O2/c1-19-17(24)18(20-14-6-5-7-15(12-14)25-4)8-10-22(11-9-18)13-16(23)21(2)3;2*2-1-3/h5-7,12,20H,8-11,13H2,1-4H3,(H,19,24);2*1H,(H,2,3). The van der Waals surface area contributed by atoms with E-state index in [0.29, 0.717) is 32.5 Å². The first-order valence-corrected chi connectivity index (χ1v) is 9.46. The summed E-state index contributed by atoms with van der Waals surface area (Å²) < 4.78 is 5.26. The molecule has 11 heteroatoms. The minimum Gasteiger partial charge on any atom is -0.497 e. The zero-order chi connectivity index (χ0) is 23.9. The number of anilines is 1. The number of benzene rings is 1. The van der Waals surface area contributed by atoms with Gasteiger partial charge in [-0.2, -0.15) is 0 Å². The normalized spacial score (nSPS) is 14.3. The maximum absolute atomic E-state index is 12.6. The average Bonchev–Trinajstić information content (AvgIpc) is 2.75. The molecule has 0 unspecified atom stereocenters. The Kier molecular flexibility index (Phi) is 13.0. The molecule has 1 aromatic carbocycles. The highest BCUT2D eigenvalue weighted by Gasteiger charge is 2.41. The molecule has 0 atom stereocenters. The van der Waals surface area contributed by atoms with E-state index in [0.717, 1.165) is 11.4 Å². The van der Waals surface area contributed by atoms with Crippen molar-refractivity contribution >= 4 is 30.4 Å². The number of carbonyl (C=O) groups is 4. The van der Waals surface area contributed by atoms with Crippen molar-refractivity contribution in [1.82, 2.24) is 15.1 Å². The summed E-state index contributed by atoms with van der Waals surface area (Å²) in [7, 11) is 6.78. The van der Waals surface area contributed by atoms with Crippen molar-refractivity contribution in [2.24, 2.45) is 0 Å². The molecule has 31 heavy (non-hydrogen) atoms. The molecule has 2 amide bonds. The predicted octanol–water partition coefficient (Wildman–Crippen LogP) is 0.178. The van der Waals surface area contributed by atoms with Gasteiger partial charge in [-0.25, -0.2) is 0 Å². The van der Waals surface area contributed by atoms with Crippen LogP contribution in [0.3, 0.4) is 0 Å². The van der Waals surface area contributed by atoms with E-state index in [9.17, 15) is 9.59 Å². The number of piperidine rings is 1. The minimum absolute atomic E-state index is 0.0334. The van der Waals surface area contributed by atoms with Crippen molar-refractivity contribution in [1.29, 1.82) is 0 Å². The molecule has 0 bridgehead atoms. The molecule has 0 saturated carbocycles. The van der Waals surface area contributed by atoms with Gasteiger partial charge in [0.1, 0.15) is 11.3 Å². The average molecular weight is 440 g/mol. The number of likely N-dealkylation sites (N-methyl/N-ethyl adjacent to an activating group) is 2. The van der Waals surface area contributed by atoms with Crippen LogP contribution in [0.25, 0.3) is 0 Å². The first-order chi connectivity index (χ1) is 14.7. The van der Waals surface area contributed by atoms with Crippen LogP contribution >= 0.6 is 0 Å². The lowest BCUT2D eigenvalue weighted by molar-refractivity contribution is -0.131. The maximum atomic E-state index is 12.6. The first kappa shape index (κ1) is 27.7. The first-order valence-electron chi connectivity index (χ1n) is 9.46. The Balaban J connectivity index is 0.00000134. The van der Waals surface area contributed by atoms with E-state index in [-0.39, 0.29) is 24.8 Å². The van der Waals surface area contributed by atoms with Gasteiger partial charge < -0.3 is 30.5 Å². The van der Waals surface area contributed by atoms with Crippen LogP contribution < -0.4 is 15.4 Å². The van der Waals surface area contributed by atoms with Crippen molar-refractivity contribution in [3.63, 3.8) is 0 Å². The lowest BCUT2D eigenvalue weighted by Crippen LogP contribution is -2.58. The highest BCUT2D eigenvalue weighted by atomic mass is 16.5. The van der Waals surface area contributed by atoms with E-state index >= 15 is 0 Å². The summed E-state index contributed by atoms with van der Waals surface area (Å²) in [6.45, 7) is 1.25. The number of ether oxygens (including phenoxy) is 1. The molecule has 2 rings (SSSR count). The summed E-state index contributed by atoms with van der Waals surface area (Å²) in [5.41, 5.74) is 0.166. The van der Waals surface area contributed by atoms with Gasteiger partial charge in [0.05, 0.1) is 13.7 Å². The fourth-order valence-electron chi connectivity index (χ4n) is 3.05. The molecule has 1 aliphatic rings. The Hall–Kier alpha value is -3.34. The maximum Gasteiger partial charge on any atom is 0.290 e. The summed E-state index contributed by atoms with van der Waals surface area (Å²) in [6.07, 6.45) is 1.26. The minimum atomic E-state index is -0.682. The van der Waals surface area contributed by atoms with Crippen LogP contribution in [0.5, 0.6) is 5.75 Å². The summed E-state index contributed by atoms with van der Waals surface area (Å²) in [4.78, 5) is 44.9. The second-order valence-electron chi connectivity index (χ2n) is 6.79. The zero-order valence-electron chi connectivity index (χ0n) is 18.3. The molecule has 0 aliphatic carbocycles. The number of nitrogens with zero attached hydrogens (tertiary/aromatic N) is 2. The summed E-state index contributed by atoms with van der Waals surface area (Å²) in [5.74, 6) is 0.785. The molecule has 0 aromatic heterocycles. The van der Waals surface area contributed by atoms with E-state index < -0.39 is 5.54 Å². The van der Waals surface area contributed by atoms with Crippen molar-refractivity contribution in [3.8, 4) is 5.75 Å². The van der Waals surface area contributed by atoms with Gasteiger partial charge in [-0.1, -0.05) is 6.07 Å².